The molecule has 1 heterocycles. The summed E-state index contributed by atoms with van der Waals surface area (Å²) in [5.74, 6) is -0.0755. The van der Waals surface area contributed by atoms with E-state index in [2.05, 4.69) is 39.5 Å². The first-order valence-electron chi connectivity index (χ1n) is 5.57. The fourth-order valence-corrected chi connectivity index (χ4v) is 2.84. The summed E-state index contributed by atoms with van der Waals surface area (Å²) in [7, 11) is 1.47. The van der Waals surface area contributed by atoms with Crippen molar-refractivity contribution in [3.8, 4) is 0 Å². The molecule has 1 aliphatic rings. The van der Waals surface area contributed by atoms with Crippen LogP contribution in [0.3, 0.4) is 0 Å². The standard InChI is InChI=1S/C12H23NO2/c1-11(2,3)13-8-7-9(10(14)15-6)12(13,4)5/h9H,7-8H2,1-6H3. The van der Waals surface area contributed by atoms with Crippen molar-refractivity contribution in [1.29, 1.82) is 0 Å². The van der Waals surface area contributed by atoms with Crippen LogP contribution in [0.4, 0.5) is 0 Å². The minimum atomic E-state index is -0.106. The molecule has 3 nitrogen and oxygen atoms in total. The van der Waals surface area contributed by atoms with Gasteiger partial charge in [0.05, 0.1) is 13.0 Å². The van der Waals surface area contributed by atoms with Crippen molar-refractivity contribution < 1.29 is 9.53 Å². The topological polar surface area (TPSA) is 29.5 Å². The maximum absolute atomic E-state index is 11.7. The first kappa shape index (κ1) is 12.5. The van der Waals surface area contributed by atoms with E-state index in [4.69, 9.17) is 4.74 Å². The Kier molecular flexibility index (Phi) is 3.15. The van der Waals surface area contributed by atoms with Crippen LogP contribution in [0.2, 0.25) is 0 Å². The predicted molar refractivity (Wildman–Crippen MR) is 60.7 cm³/mol. The van der Waals surface area contributed by atoms with Gasteiger partial charge in [-0.05, 0) is 41.0 Å². The predicted octanol–water partition coefficient (Wildman–Crippen LogP) is 2.06. The molecule has 88 valence electrons. The molecular formula is C12H23NO2. The lowest BCUT2D eigenvalue weighted by Gasteiger charge is -2.43. The smallest absolute Gasteiger partial charge is 0.310 e. The SMILES string of the molecule is COC(=O)C1CCN(C(C)(C)C)C1(C)C. The highest BCUT2D eigenvalue weighted by molar-refractivity contribution is 5.74. The quantitative estimate of drug-likeness (QED) is 0.624. The van der Waals surface area contributed by atoms with Gasteiger partial charge >= 0.3 is 5.97 Å². The minimum Gasteiger partial charge on any atom is -0.469 e. The van der Waals surface area contributed by atoms with Crippen LogP contribution >= 0.6 is 0 Å². The summed E-state index contributed by atoms with van der Waals surface area (Å²) in [5.41, 5.74) is -0.00237. The van der Waals surface area contributed by atoms with Crippen molar-refractivity contribution in [2.75, 3.05) is 13.7 Å². The van der Waals surface area contributed by atoms with Crippen LogP contribution in [0.25, 0.3) is 0 Å². The van der Waals surface area contributed by atoms with Crippen LogP contribution in [-0.2, 0) is 9.53 Å². The molecule has 0 radical (unpaired) electrons. The molecular weight excluding hydrogens is 190 g/mol. The molecule has 0 saturated carbocycles. The summed E-state index contributed by atoms with van der Waals surface area (Å²) < 4.78 is 4.87. The Morgan fingerprint density at radius 3 is 2.27 bits per heavy atom. The fourth-order valence-electron chi connectivity index (χ4n) is 2.84. The van der Waals surface area contributed by atoms with Crippen molar-refractivity contribution in [2.24, 2.45) is 5.92 Å². The number of ether oxygens (including phenoxy) is 1. The number of nitrogens with zero attached hydrogens (tertiary/aromatic N) is 1. The Hall–Kier alpha value is -0.570. The summed E-state index contributed by atoms with van der Waals surface area (Å²) in [6.07, 6.45) is 0.900. The van der Waals surface area contributed by atoms with E-state index in [1.54, 1.807) is 0 Å². The van der Waals surface area contributed by atoms with Crippen LogP contribution in [0.15, 0.2) is 0 Å². The molecule has 0 aliphatic carbocycles. The van der Waals surface area contributed by atoms with Gasteiger partial charge in [0.25, 0.3) is 0 Å². The van der Waals surface area contributed by atoms with Crippen molar-refractivity contribution in [3.05, 3.63) is 0 Å². The fraction of sp³-hybridized carbons (Fsp3) is 0.917. The third-order valence-corrected chi connectivity index (χ3v) is 3.49. The Morgan fingerprint density at radius 1 is 1.40 bits per heavy atom. The van der Waals surface area contributed by atoms with Gasteiger partial charge in [0.2, 0.25) is 0 Å². The molecule has 15 heavy (non-hydrogen) atoms. The third-order valence-electron chi connectivity index (χ3n) is 3.49. The Balaban J connectivity index is 2.90. The average Bonchev–Trinajstić information content (AvgIpc) is 2.38. The van der Waals surface area contributed by atoms with Crippen LogP contribution in [0, 0.1) is 5.92 Å². The number of carbonyl (C=O) groups is 1. The number of methoxy groups -OCH3 is 1. The number of esters is 1. The van der Waals surface area contributed by atoms with Crippen LogP contribution < -0.4 is 0 Å². The zero-order valence-electron chi connectivity index (χ0n) is 10.8. The first-order valence-corrected chi connectivity index (χ1v) is 5.57. The number of rotatable bonds is 1. The monoisotopic (exact) mass is 213 g/mol. The Labute approximate surface area is 92.8 Å². The molecule has 3 heteroatoms. The first-order chi connectivity index (χ1) is 6.71. The summed E-state index contributed by atoms with van der Waals surface area (Å²) in [4.78, 5) is 14.0. The average molecular weight is 213 g/mol. The van der Waals surface area contributed by atoms with E-state index in [0.717, 1.165) is 13.0 Å². The molecule has 0 amide bonds. The van der Waals surface area contributed by atoms with E-state index in [0.29, 0.717) is 0 Å². The number of hydrogen-bond donors (Lipinski definition) is 0. The van der Waals surface area contributed by atoms with E-state index in [-0.39, 0.29) is 23.0 Å². The van der Waals surface area contributed by atoms with E-state index in [1.807, 2.05) is 0 Å². The molecule has 0 aromatic carbocycles. The second-order valence-electron chi connectivity index (χ2n) is 5.84. The van der Waals surface area contributed by atoms with Crippen molar-refractivity contribution in [2.45, 2.75) is 52.1 Å². The second-order valence-corrected chi connectivity index (χ2v) is 5.84. The lowest BCUT2D eigenvalue weighted by molar-refractivity contribution is -0.148. The van der Waals surface area contributed by atoms with Gasteiger partial charge < -0.3 is 4.74 Å². The molecule has 0 spiro atoms. The molecule has 1 fully saturated rings. The zero-order valence-corrected chi connectivity index (χ0v) is 10.8. The highest BCUT2D eigenvalue weighted by Gasteiger charge is 2.49. The van der Waals surface area contributed by atoms with Crippen molar-refractivity contribution in [3.63, 3.8) is 0 Å². The molecule has 0 aromatic rings. The van der Waals surface area contributed by atoms with E-state index < -0.39 is 0 Å². The van der Waals surface area contributed by atoms with Crippen LogP contribution in [0.5, 0.6) is 0 Å². The van der Waals surface area contributed by atoms with Crippen molar-refractivity contribution >= 4 is 5.97 Å². The Morgan fingerprint density at radius 2 is 1.93 bits per heavy atom. The highest BCUT2D eigenvalue weighted by atomic mass is 16.5. The summed E-state index contributed by atoms with van der Waals surface area (Å²) >= 11 is 0. The highest BCUT2D eigenvalue weighted by Crippen LogP contribution is 2.39. The molecule has 1 saturated heterocycles. The third kappa shape index (κ3) is 2.17. The van der Waals surface area contributed by atoms with Gasteiger partial charge in [0.15, 0.2) is 0 Å². The van der Waals surface area contributed by atoms with E-state index >= 15 is 0 Å². The molecule has 1 aliphatic heterocycles. The maximum Gasteiger partial charge on any atom is 0.310 e. The van der Waals surface area contributed by atoms with Gasteiger partial charge in [-0.2, -0.15) is 0 Å². The van der Waals surface area contributed by atoms with Gasteiger partial charge in [0.1, 0.15) is 0 Å². The van der Waals surface area contributed by atoms with Gasteiger partial charge in [-0.15, -0.1) is 0 Å². The maximum atomic E-state index is 11.7. The lowest BCUT2D eigenvalue weighted by Crippen LogP contribution is -2.53. The van der Waals surface area contributed by atoms with Gasteiger partial charge in [-0.1, -0.05) is 0 Å². The minimum absolute atomic E-state index is 0.00160. The van der Waals surface area contributed by atoms with E-state index in [9.17, 15) is 4.79 Å². The summed E-state index contributed by atoms with van der Waals surface area (Å²) in [5, 5.41) is 0. The molecule has 1 unspecified atom stereocenters. The normalized spacial score (nSPS) is 26.7. The number of carbonyl (C=O) groups excluding carboxylic acids is 1. The Bertz CT molecular complexity index is 253. The van der Waals surface area contributed by atoms with Crippen LogP contribution in [-0.4, -0.2) is 35.6 Å². The molecule has 0 bridgehead atoms. The largest absolute Gasteiger partial charge is 0.469 e. The molecule has 1 atom stereocenters. The number of hydrogen-bond acceptors (Lipinski definition) is 3. The molecule has 1 rings (SSSR count). The van der Waals surface area contributed by atoms with Gasteiger partial charge in [-0.25, -0.2) is 0 Å². The zero-order chi connectivity index (χ0) is 11.9. The number of likely N-dealkylation sites (tertiary alicyclic amines) is 1. The van der Waals surface area contributed by atoms with E-state index in [1.165, 1.54) is 7.11 Å². The van der Waals surface area contributed by atoms with Crippen molar-refractivity contribution in [1.82, 2.24) is 4.90 Å². The molecule has 0 N–H and O–H groups in total. The lowest BCUT2D eigenvalue weighted by atomic mass is 9.86. The summed E-state index contributed by atoms with van der Waals surface area (Å²) in [6, 6.07) is 0. The van der Waals surface area contributed by atoms with Crippen LogP contribution in [0.1, 0.15) is 41.0 Å². The van der Waals surface area contributed by atoms with Gasteiger partial charge in [0, 0.05) is 17.6 Å². The molecule has 0 aromatic heterocycles. The van der Waals surface area contributed by atoms with Gasteiger partial charge in [-0.3, -0.25) is 9.69 Å². The summed E-state index contributed by atoms with van der Waals surface area (Å²) in [6.45, 7) is 11.8. The second kappa shape index (κ2) is 3.78.